The van der Waals surface area contributed by atoms with Gasteiger partial charge in [0.25, 0.3) is 0 Å². The molecule has 9 heavy (non-hydrogen) atoms. The van der Waals surface area contributed by atoms with E-state index in [1.807, 2.05) is 0 Å². The minimum Gasteiger partial charge on any atom is -0.165 e. The highest BCUT2D eigenvalue weighted by molar-refractivity contribution is 6.31. The summed E-state index contributed by atoms with van der Waals surface area (Å²) in [7, 11) is 0. The molecule has 0 aliphatic heterocycles. The van der Waals surface area contributed by atoms with Gasteiger partial charge in [0, 0.05) is 5.88 Å². The van der Waals surface area contributed by atoms with E-state index in [0.29, 0.717) is 6.08 Å². The first kappa shape index (κ1) is 9.11. The molecule has 0 spiro atoms. The molecule has 0 heterocycles. The number of halogens is 5. The lowest BCUT2D eigenvalue weighted by Gasteiger charge is -2.01. The second-order valence-electron chi connectivity index (χ2n) is 1.20. The van der Waals surface area contributed by atoms with Gasteiger partial charge in [-0.05, 0) is 6.08 Å². The molecule has 0 N–H and O–H groups in total. The fourth-order valence-corrected chi connectivity index (χ4v) is 0.494. The molecule has 0 aromatic carbocycles. The van der Waals surface area contributed by atoms with Crippen molar-refractivity contribution in [1.82, 2.24) is 0 Å². The van der Waals surface area contributed by atoms with Crippen LogP contribution in [0.25, 0.3) is 0 Å². The van der Waals surface area contributed by atoms with Crippen molar-refractivity contribution in [2.45, 2.75) is 6.18 Å². The SMILES string of the molecule is FC(F)(F)/C(Cl)=C\CCl. The zero-order chi connectivity index (χ0) is 7.49. The van der Waals surface area contributed by atoms with Crippen molar-refractivity contribution in [2.75, 3.05) is 5.88 Å². The monoisotopic (exact) mass is 178 g/mol. The van der Waals surface area contributed by atoms with Crippen LogP contribution in [0.2, 0.25) is 0 Å². The van der Waals surface area contributed by atoms with E-state index in [2.05, 4.69) is 0 Å². The molecule has 0 saturated heterocycles. The Morgan fingerprint density at radius 2 is 1.89 bits per heavy atom. The summed E-state index contributed by atoms with van der Waals surface area (Å²) in [5, 5.41) is -1.17. The van der Waals surface area contributed by atoms with Crippen LogP contribution in [0.1, 0.15) is 0 Å². The third kappa shape index (κ3) is 3.65. The standard InChI is InChI=1S/C4H3Cl2F3/c5-2-1-3(6)4(7,8)9/h1H,2H2/b3-1+. The van der Waals surface area contributed by atoms with Crippen molar-refractivity contribution < 1.29 is 13.2 Å². The second-order valence-corrected chi connectivity index (χ2v) is 1.92. The summed E-state index contributed by atoms with van der Waals surface area (Å²) in [6, 6.07) is 0. The van der Waals surface area contributed by atoms with Gasteiger partial charge in [0.1, 0.15) is 5.03 Å². The summed E-state index contributed by atoms with van der Waals surface area (Å²) in [6.07, 6.45) is -3.75. The quantitative estimate of drug-likeness (QED) is 0.542. The third-order valence-electron chi connectivity index (χ3n) is 0.527. The van der Waals surface area contributed by atoms with Crippen molar-refractivity contribution in [1.29, 1.82) is 0 Å². The molecule has 0 saturated carbocycles. The van der Waals surface area contributed by atoms with Gasteiger partial charge in [-0.3, -0.25) is 0 Å². The fraction of sp³-hybridized carbons (Fsp3) is 0.500. The van der Waals surface area contributed by atoms with Crippen LogP contribution in [0.5, 0.6) is 0 Å². The summed E-state index contributed by atoms with van der Waals surface area (Å²) < 4.78 is 34.1. The Kier molecular flexibility index (Phi) is 3.36. The molecule has 0 aromatic rings. The Hall–Kier alpha value is 0.110. The number of rotatable bonds is 1. The molecular formula is C4H3Cl2F3. The van der Waals surface area contributed by atoms with E-state index >= 15 is 0 Å². The van der Waals surface area contributed by atoms with Gasteiger partial charge in [-0.1, -0.05) is 11.6 Å². The number of hydrogen-bond acceptors (Lipinski definition) is 0. The first-order valence-corrected chi connectivity index (χ1v) is 2.88. The molecule has 0 aliphatic carbocycles. The maximum atomic E-state index is 11.4. The highest BCUT2D eigenvalue weighted by Crippen LogP contribution is 2.28. The topological polar surface area (TPSA) is 0 Å². The van der Waals surface area contributed by atoms with E-state index in [0.717, 1.165) is 0 Å². The lowest BCUT2D eigenvalue weighted by Crippen LogP contribution is -2.06. The summed E-state index contributed by atoms with van der Waals surface area (Å²) >= 11 is 9.65. The van der Waals surface area contributed by atoms with Crippen molar-refractivity contribution in [3.63, 3.8) is 0 Å². The van der Waals surface area contributed by atoms with Crippen molar-refractivity contribution in [2.24, 2.45) is 0 Å². The predicted octanol–water partition coefficient (Wildman–Crippen LogP) is 2.91. The minimum atomic E-state index is -4.45. The van der Waals surface area contributed by atoms with E-state index in [-0.39, 0.29) is 5.88 Å². The summed E-state index contributed by atoms with van der Waals surface area (Å²) in [5.41, 5.74) is 0. The van der Waals surface area contributed by atoms with Crippen LogP contribution in [-0.2, 0) is 0 Å². The molecule has 0 nitrogen and oxygen atoms in total. The number of allylic oxidation sites excluding steroid dienone is 2. The van der Waals surface area contributed by atoms with Gasteiger partial charge < -0.3 is 0 Å². The molecule has 0 atom stereocenters. The minimum absolute atomic E-state index is 0.224. The molecular weight excluding hydrogens is 176 g/mol. The van der Waals surface area contributed by atoms with Gasteiger partial charge in [-0.25, -0.2) is 0 Å². The van der Waals surface area contributed by atoms with Crippen LogP contribution in [0.15, 0.2) is 11.1 Å². The van der Waals surface area contributed by atoms with Crippen LogP contribution >= 0.6 is 23.2 Å². The average Bonchev–Trinajstić information content (AvgIpc) is 1.64. The Morgan fingerprint density at radius 1 is 1.44 bits per heavy atom. The smallest absolute Gasteiger partial charge is 0.165 e. The molecule has 0 radical (unpaired) electrons. The Bertz CT molecular complexity index is 115. The van der Waals surface area contributed by atoms with Crippen LogP contribution in [0, 0.1) is 0 Å². The summed E-state index contributed by atoms with van der Waals surface area (Å²) in [5.74, 6) is -0.224. The Morgan fingerprint density at radius 3 is 2.00 bits per heavy atom. The zero-order valence-electron chi connectivity index (χ0n) is 4.17. The van der Waals surface area contributed by atoms with E-state index in [1.54, 1.807) is 0 Å². The van der Waals surface area contributed by atoms with E-state index in [9.17, 15) is 13.2 Å². The van der Waals surface area contributed by atoms with Crippen molar-refractivity contribution in [3.05, 3.63) is 11.1 Å². The van der Waals surface area contributed by atoms with Crippen LogP contribution in [-0.4, -0.2) is 12.1 Å². The average molecular weight is 179 g/mol. The molecule has 5 heteroatoms. The van der Waals surface area contributed by atoms with Gasteiger partial charge in [-0.15, -0.1) is 11.6 Å². The Balaban J connectivity index is 4.03. The largest absolute Gasteiger partial charge is 0.426 e. The van der Waals surface area contributed by atoms with E-state index in [1.165, 1.54) is 0 Å². The lowest BCUT2D eigenvalue weighted by molar-refractivity contribution is -0.0846. The first-order valence-electron chi connectivity index (χ1n) is 1.97. The fourth-order valence-electron chi connectivity index (χ4n) is 0.183. The van der Waals surface area contributed by atoms with Gasteiger partial charge >= 0.3 is 6.18 Å². The van der Waals surface area contributed by atoms with Gasteiger partial charge in [0.05, 0.1) is 0 Å². The number of hydrogen-bond donors (Lipinski definition) is 0. The molecule has 0 aromatic heterocycles. The van der Waals surface area contributed by atoms with Gasteiger partial charge in [0.2, 0.25) is 0 Å². The molecule has 0 aliphatic rings. The van der Waals surface area contributed by atoms with Gasteiger partial charge in [0.15, 0.2) is 0 Å². The normalized spacial score (nSPS) is 14.1. The maximum Gasteiger partial charge on any atom is 0.426 e. The molecule has 0 bridgehead atoms. The van der Waals surface area contributed by atoms with Crippen molar-refractivity contribution >= 4 is 23.2 Å². The molecule has 0 unspecified atom stereocenters. The van der Waals surface area contributed by atoms with E-state index in [4.69, 9.17) is 23.2 Å². The zero-order valence-corrected chi connectivity index (χ0v) is 5.69. The summed E-state index contributed by atoms with van der Waals surface area (Å²) in [6.45, 7) is 0. The maximum absolute atomic E-state index is 11.4. The van der Waals surface area contributed by atoms with Crippen LogP contribution < -0.4 is 0 Å². The van der Waals surface area contributed by atoms with Crippen LogP contribution in [0.3, 0.4) is 0 Å². The summed E-state index contributed by atoms with van der Waals surface area (Å²) in [4.78, 5) is 0. The first-order chi connectivity index (χ1) is 3.98. The Labute approximate surface area is 60.2 Å². The van der Waals surface area contributed by atoms with E-state index < -0.39 is 11.2 Å². The second kappa shape index (κ2) is 3.32. The lowest BCUT2D eigenvalue weighted by atomic mass is 10.5. The molecule has 54 valence electrons. The molecule has 0 fully saturated rings. The highest BCUT2D eigenvalue weighted by atomic mass is 35.5. The molecule has 0 rings (SSSR count). The predicted molar refractivity (Wildman–Crippen MR) is 30.7 cm³/mol. The van der Waals surface area contributed by atoms with Crippen LogP contribution in [0.4, 0.5) is 13.2 Å². The van der Waals surface area contributed by atoms with Crippen molar-refractivity contribution in [3.8, 4) is 0 Å². The highest BCUT2D eigenvalue weighted by Gasteiger charge is 2.31. The number of alkyl halides is 4. The molecule has 0 amide bonds. The van der Waals surface area contributed by atoms with Gasteiger partial charge in [-0.2, -0.15) is 13.2 Å². The third-order valence-corrected chi connectivity index (χ3v) is 1.05.